The van der Waals surface area contributed by atoms with E-state index in [0.29, 0.717) is 16.9 Å². The summed E-state index contributed by atoms with van der Waals surface area (Å²) in [6.07, 6.45) is 8.66. The summed E-state index contributed by atoms with van der Waals surface area (Å²) < 4.78 is 13.5. The molecule has 0 bridgehead atoms. The number of nitrogens with zero attached hydrogens (tertiary/aromatic N) is 4. The number of rotatable bonds is 14. The Hall–Kier alpha value is -2.09. The van der Waals surface area contributed by atoms with Gasteiger partial charge in [-0.3, -0.25) is 19.5 Å². The molecule has 0 unspecified atom stereocenters. The third kappa shape index (κ3) is 5.23. The standard InChI is InChI=1S/C28H46N4O3/c1-8-12-15-29(5)28(30(6)16-13-9-2,31(7)17-14-10-3)23-20-32(11-4)24-19-26-25(34-21-35-26)18-22(24)27(23)33/h18-20H,8-17,21H2,1-7H3. The van der Waals surface area contributed by atoms with E-state index < -0.39 is 5.79 Å². The molecule has 7 heteroatoms. The zero-order valence-electron chi connectivity index (χ0n) is 23.0. The van der Waals surface area contributed by atoms with Crippen molar-refractivity contribution < 1.29 is 9.47 Å². The van der Waals surface area contributed by atoms with Crippen LogP contribution in [0.5, 0.6) is 11.5 Å². The minimum atomic E-state index is -0.655. The van der Waals surface area contributed by atoms with Crippen molar-refractivity contribution in [1.82, 2.24) is 19.3 Å². The smallest absolute Gasteiger partial charge is 0.231 e. The van der Waals surface area contributed by atoms with Gasteiger partial charge in [0.05, 0.1) is 16.5 Å². The maximum atomic E-state index is 14.4. The highest BCUT2D eigenvalue weighted by Crippen LogP contribution is 2.38. The molecule has 0 spiro atoms. The molecule has 0 amide bonds. The fourth-order valence-electron chi connectivity index (χ4n) is 5.43. The fraction of sp³-hybridized carbons (Fsp3) is 0.679. The summed E-state index contributed by atoms with van der Waals surface area (Å²) in [5, 5.41) is 0.689. The molecule has 35 heavy (non-hydrogen) atoms. The van der Waals surface area contributed by atoms with Gasteiger partial charge in [0.25, 0.3) is 0 Å². The zero-order valence-corrected chi connectivity index (χ0v) is 23.0. The van der Waals surface area contributed by atoms with Crippen LogP contribution < -0.4 is 14.9 Å². The monoisotopic (exact) mass is 486 g/mol. The molecule has 1 aliphatic heterocycles. The molecule has 2 heterocycles. The predicted molar refractivity (Wildman–Crippen MR) is 144 cm³/mol. The fourth-order valence-corrected chi connectivity index (χ4v) is 5.43. The Balaban J connectivity index is 2.33. The topological polar surface area (TPSA) is 50.2 Å². The number of unbranched alkanes of at least 4 members (excludes halogenated alkanes) is 3. The summed E-state index contributed by atoms with van der Waals surface area (Å²) in [6, 6.07) is 3.83. The van der Waals surface area contributed by atoms with Crippen molar-refractivity contribution in [2.45, 2.75) is 78.6 Å². The van der Waals surface area contributed by atoms with Crippen molar-refractivity contribution in [2.75, 3.05) is 47.6 Å². The van der Waals surface area contributed by atoms with Gasteiger partial charge in [-0.2, -0.15) is 0 Å². The van der Waals surface area contributed by atoms with E-state index in [0.717, 1.165) is 75.8 Å². The minimum absolute atomic E-state index is 0.0676. The molecular formula is C28H46N4O3. The molecule has 0 saturated heterocycles. The second kappa shape index (κ2) is 12.2. The van der Waals surface area contributed by atoms with Gasteiger partial charge in [0.2, 0.25) is 6.79 Å². The normalized spacial score (nSPS) is 13.7. The van der Waals surface area contributed by atoms with Gasteiger partial charge in [0.1, 0.15) is 0 Å². The summed E-state index contributed by atoms with van der Waals surface area (Å²) >= 11 is 0. The first-order chi connectivity index (χ1) is 16.9. The van der Waals surface area contributed by atoms with E-state index in [1.165, 1.54) is 0 Å². The minimum Gasteiger partial charge on any atom is -0.454 e. The Morgan fingerprint density at radius 1 is 0.829 bits per heavy atom. The first-order valence-electron chi connectivity index (χ1n) is 13.5. The lowest BCUT2D eigenvalue weighted by Crippen LogP contribution is -2.66. The van der Waals surface area contributed by atoms with Crippen LogP contribution >= 0.6 is 0 Å². The van der Waals surface area contributed by atoms with Crippen LogP contribution in [0.15, 0.2) is 23.1 Å². The van der Waals surface area contributed by atoms with E-state index in [-0.39, 0.29) is 12.2 Å². The Labute approximate surface area is 211 Å². The van der Waals surface area contributed by atoms with Gasteiger partial charge in [-0.25, -0.2) is 0 Å². The third-order valence-corrected chi connectivity index (χ3v) is 7.41. The van der Waals surface area contributed by atoms with E-state index in [1.54, 1.807) is 0 Å². The highest BCUT2D eigenvalue weighted by molar-refractivity contribution is 5.84. The van der Waals surface area contributed by atoms with Crippen molar-refractivity contribution in [3.05, 3.63) is 34.1 Å². The third-order valence-electron chi connectivity index (χ3n) is 7.41. The molecule has 0 fully saturated rings. The first kappa shape index (κ1) is 27.5. The number of fused-ring (bicyclic) bond motifs is 2. The Bertz CT molecular complexity index is 999. The molecule has 1 aromatic heterocycles. The molecule has 0 aliphatic carbocycles. The van der Waals surface area contributed by atoms with Crippen LogP contribution in [0.25, 0.3) is 10.9 Å². The van der Waals surface area contributed by atoms with Crippen LogP contribution in [0, 0.1) is 0 Å². The Morgan fingerprint density at radius 2 is 1.31 bits per heavy atom. The SMILES string of the molecule is CCCCN(C)C(c1cn(CC)c2cc3c(cc2c1=O)OCO3)(N(C)CCCC)N(C)CCCC. The second-order valence-electron chi connectivity index (χ2n) is 9.84. The molecule has 1 aromatic carbocycles. The van der Waals surface area contributed by atoms with Crippen molar-refractivity contribution in [3.63, 3.8) is 0 Å². The quantitative estimate of drug-likeness (QED) is 0.348. The van der Waals surface area contributed by atoms with Crippen LogP contribution in [-0.2, 0) is 12.3 Å². The highest BCUT2D eigenvalue weighted by atomic mass is 16.7. The molecule has 0 atom stereocenters. The number of aryl methyl sites for hydroxylation is 1. The maximum absolute atomic E-state index is 14.4. The lowest BCUT2D eigenvalue weighted by Gasteiger charge is -2.53. The van der Waals surface area contributed by atoms with Gasteiger partial charge < -0.3 is 14.0 Å². The zero-order chi connectivity index (χ0) is 25.6. The summed E-state index contributed by atoms with van der Waals surface area (Å²) in [5.74, 6) is 0.703. The summed E-state index contributed by atoms with van der Waals surface area (Å²) in [7, 11) is 6.54. The molecule has 196 valence electrons. The lowest BCUT2D eigenvalue weighted by atomic mass is 9.99. The van der Waals surface area contributed by atoms with Crippen LogP contribution in [0.2, 0.25) is 0 Å². The molecule has 3 rings (SSSR count). The number of ether oxygens (including phenoxy) is 2. The summed E-state index contributed by atoms with van der Waals surface area (Å²) in [4.78, 5) is 21.6. The molecule has 2 aromatic rings. The summed E-state index contributed by atoms with van der Waals surface area (Å²) in [5.41, 5.74) is 1.77. The van der Waals surface area contributed by atoms with Crippen molar-refractivity contribution in [3.8, 4) is 11.5 Å². The van der Waals surface area contributed by atoms with Gasteiger partial charge in [-0.05, 0) is 53.4 Å². The van der Waals surface area contributed by atoms with Crippen molar-refractivity contribution >= 4 is 10.9 Å². The molecular weight excluding hydrogens is 440 g/mol. The molecule has 1 aliphatic rings. The number of pyridine rings is 1. The molecule has 0 saturated carbocycles. The van der Waals surface area contributed by atoms with Crippen LogP contribution in [0.4, 0.5) is 0 Å². The van der Waals surface area contributed by atoms with Crippen molar-refractivity contribution in [2.24, 2.45) is 0 Å². The van der Waals surface area contributed by atoms with Gasteiger partial charge in [0, 0.05) is 38.4 Å². The number of hydrogen-bond acceptors (Lipinski definition) is 6. The van der Waals surface area contributed by atoms with E-state index in [4.69, 9.17) is 9.47 Å². The maximum Gasteiger partial charge on any atom is 0.231 e. The first-order valence-corrected chi connectivity index (χ1v) is 13.5. The van der Waals surface area contributed by atoms with E-state index in [1.807, 2.05) is 12.1 Å². The summed E-state index contributed by atoms with van der Waals surface area (Å²) in [6.45, 7) is 12.5. The average molecular weight is 487 g/mol. The largest absolute Gasteiger partial charge is 0.454 e. The molecule has 0 N–H and O–H groups in total. The lowest BCUT2D eigenvalue weighted by molar-refractivity contribution is -0.151. The van der Waals surface area contributed by atoms with Crippen molar-refractivity contribution in [1.29, 1.82) is 0 Å². The van der Waals surface area contributed by atoms with Gasteiger partial charge >= 0.3 is 0 Å². The van der Waals surface area contributed by atoms with Gasteiger partial charge in [-0.15, -0.1) is 0 Å². The molecule has 7 nitrogen and oxygen atoms in total. The van der Waals surface area contributed by atoms with E-state index >= 15 is 0 Å². The average Bonchev–Trinajstić information content (AvgIpc) is 3.33. The number of hydrogen-bond donors (Lipinski definition) is 0. The van der Waals surface area contributed by atoms with Gasteiger partial charge in [0.15, 0.2) is 22.7 Å². The highest BCUT2D eigenvalue weighted by Gasteiger charge is 2.46. The van der Waals surface area contributed by atoms with Crippen LogP contribution in [-0.4, -0.2) is 66.8 Å². The second-order valence-corrected chi connectivity index (χ2v) is 9.84. The Kier molecular flexibility index (Phi) is 9.62. The van der Waals surface area contributed by atoms with Gasteiger partial charge in [-0.1, -0.05) is 40.0 Å². The molecule has 0 radical (unpaired) electrons. The number of aromatic nitrogens is 1. The number of benzene rings is 1. The van der Waals surface area contributed by atoms with Crippen LogP contribution in [0.1, 0.15) is 71.8 Å². The van der Waals surface area contributed by atoms with E-state index in [9.17, 15) is 4.79 Å². The van der Waals surface area contributed by atoms with Crippen LogP contribution in [0.3, 0.4) is 0 Å². The Morgan fingerprint density at radius 3 is 1.77 bits per heavy atom. The predicted octanol–water partition coefficient (Wildman–Crippen LogP) is 5.06. The van der Waals surface area contributed by atoms with E-state index in [2.05, 4.69) is 74.3 Å².